The maximum atomic E-state index is 14.2. The van der Waals surface area contributed by atoms with Crippen molar-refractivity contribution in [3.8, 4) is 0 Å². The molecule has 2 nitrogen and oxygen atoms in total. The zero-order valence-corrected chi connectivity index (χ0v) is 16.1. The highest BCUT2D eigenvalue weighted by Gasteiger charge is 2.74. The standard InChI is InChI=1S/C22H30F2O2/c1-12(25)26-18-7-6-14-13-4-5-16-19-17(22(19,23)24)9-10-20(16,2)15(13)8-11-21(14,18)3/h5,13-15,17-19H,4,6-11H2,1-3H3. The van der Waals surface area contributed by atoms with Gasteiger partial charge in [-0.15, -0.1) is 0 Å². The van der Waals surface area contributed by atoms with Crippen LogP contribution in [0.15, 0.2) is 11.6 Å². The molecule has 4 fully saturated rings. The van der Waals surface area contributed by atoms with Crippen molar-refractivity contribution in [1.29, 1.82) is 0 Å². The molecule has 5 aliphatic carbocycles. The van der Waals surface area contributed by atoms with Gasteiger partial charge < -0.3 is 4.74 Å². The van der Waals surface area contributed by atoms with Crippen LogP contribution in [0.4, 0.5) is 8.78 Å². The molecule has 0 bridgehead atoms. The molecule has 0 aliphatic heterocycles. The average molecular weight is 364 g/mol. The van der Waals surface area contributed by atoms with E-state index in [-0.39, 0.29) is 28.8 Å². The van der Waals surface area contributed by atoms with Crippen LogP contribution in [0.25, 0.3) is 0 Å². The monoisotopic (exact) mass is 364 g/mol. The number of ether oxygens (including phenoxy) is 1. The third kappa shape index (κ3) is 1.99. The Bertz CT molecular complexity index is 686. The van der Waals surface area contributed by atoms with Gasteiger partial charge in [-0.25, -0.2) is 8.78 Å². The fraction of sp³-hybridized carbons (Fsp3) is 0.864. The van der Waals surface area contributed by atoms with Gasteiger partial charge in [-0.3, -0.25) is 4.79 Å². The fourth-order valence-electron chi connectivity index (χ4n) is 7.90. The summed E-state index contributed by atoms with van der Waals surface area (Å²) in [6.07, 6.45) is 9.02. The number of esters is 1. The van der Waals surface area contributed by atoms with Crippen molar-refractivity contribution in [2.75, 3.05) is 0 Å². The van der Waals surface area contributed by atoms with E-state index in [9.17, 15) is 13.6 Å². The van der Waals surface area contributed by atoms with Crippen molar-refractivity contribution >= 4 is 5.97 Å². The van der Waals surface area contributed by atoms with E-state index in [1.807, 2.05) is 0 Å². The molecule has 8 atom stereocenters. The first kappa shape index (κ1) is 17.2. The highest BCUT2D eigenvalue weighted by atomic mass is 19.3. The van der Waals surface area contributed by atoms with E-state index >= 15 is 0 Å². The minimum atomic E-state index is -2.45. The van der Waals surface area contributed by atoms with Crippen molar-refractivity contribution in [2.24, 2.45) is 40.4 Å². The molecule has 0 radical (unpaired) electrons. The molecule has 26 heavy (non-hydrogen) atoms. The predicted octanol–water partition coefficient (Wildman–Crippen LogP) is 5.37. The second-order valence-electron chi connectivity index (χ2n) is 10.2. The van der Waals surface area contributed by atoms with Crippen LogP contribution in [0.2, 0.25) is 0 Å². The highest BCUT2D eigenvalue weighted by Crippen LogP contribution is 2.73. The number of allylic oxidation sites excluding steroid dienone is 2. The molecule has 8 unspecified atom stereocenters. The summed E-state index contributed by atoms with van der Waals surface area (Å²) < 4.78 is 34.1. The zero-order chi connectivity index (χ0) is 18.5. The molecule has 0 spiro atoms. The first-order valence-corrected chi connectivity index (χ1v) is 10.4. The van der Waals surface area contributed by atoms with E-state index in [0.717, 1.165) is 44.1 Å². The van der Waals surface area contributed by atoms with Crippen molar-refractivity contribution in [3.63, 3.8) is 0 Å². The van der Waals surface area contributed by atoms with Crippen molar-refractivity contribution in [3.05, 3.63) is 11.6 Å². The van der Waals surface area contributed by atoms with E-state index in [4.69, 9.17) is 4.74 Å². The first-order chi connectivity index (χ1) is 12.2. The molecule has 4 heteroatoms. The van der Waals surface area contributed by atoms with Gasteiger partial charge in [-0.2, -0.15) is 0 Å². The summed E-state index contributed by atoms with van der Waals surface area (Å²) in [7, 11) is 0. The van der Waals surface area contributed by atoms with E-state index in [2.05, 4.69) is 19.9 Å². The van der Waals surface area contributed by atoms with Crippen LogP contribution in [-0.4, -0.2) is 18.0 Å². The summed E-state index contributed by atoms with van der Waals surface area (Å²) >= 11 is 0. The number of alkyl halides is 2. The molecule has 0 N–H and O–H groups in total. The Hall–Kier alpha value is -0.930. The van der Waals surface area contributed by atoms with Crippen LogP contribution in [0.5, 0.6) is 0 Å². The molecular weight excluding hydrogens is 334 g/mol. The number of halogens is 2. The lowest BCUT2D eigenvalue weighted by molar-refractivity contribution is -0.156. The molecular formula is C22H30F2O2. The fourth-order valence-corrected chi connectivity index (χ4v) is 7.90. The van der Waals surface area contributed by atoms with Crippen LogP contribution in [-0.2, 0) is 9.53 Å². The smallest absolute Gasteiger partial charge is 0.302 e. The Balaban J connectivity index is 1.46. The van der Waals surface area contributed by atoms with Crippen molar-refractivity contribution < 1.29 is 18.3 Å². The molecule has 4 saturated carbocycles. The maximum absolute atomic E-state index is 14.2. The van der Waals surface area contributed by atoms with Crippen LogP contribution in [0.3, 0.4) is 0 Å². The van der Waals surface area contributed by atoms with E-state index in [1.54, 1.807) is 0 Å². The van der Waals surface area contributed by atoms with Crippen molar-refractivity contribution in [1.82, 2.24) is 0 Å². The minimum Gasteiger partial charge on any atom is -0.462 e. The molecule has 5 rings (SSSR count). The molecule has 144 valence electrons. The quantitative estimate of drug-likeness (QED) is 0.462. The van der Waals surface area contributed by atoms with Crippen LogP contribution in [0.1, 0.15) is 65.7 Å². The highest BCUT2D eigenvalue weighted by molar-refractivity contribution is 5.66. The summed E-state index contributed by atoms with van der Waals surface area (Å²) in [5.74, 6) is -1.84. The lowest BCUT2D eigenvalue weighted by Crippen LogP contribution is -2.51. The second-order valence-corrected chi connectivity index (χ2v) is 10.2. The summed E-state index contributed by atoms with van der Waals surface area (Å²) in [5, 5.41) is 0. The number of carbonyl (C=O) groups excluding carboxylic acids is 1. The van der Waals surface area contributed by atoms with Gasteiger partial charge in [0.25, 0.3) is 5.92 Å². The largest absolute Gasteiger partial charge is 0.462 e. The maximum Gasteiger partial charge on any atom is 0.302 e. The summed E-state index contributed by atoms with van der Waals surface area (Å²) in [5.41, 5.74) is 1.12. The van der Waals surface area contributed by atoms with E-state index < -0.39 is 11.8 Å². The summed E-state index contributed by atoms with van der Waals surface area (Å²) in [6.45, 7) is 6.09. The molecule has 0 saturated heterocycles. The average Bonchev–Trinajstić information content (AvgIpc) is 2.96. The second kappa shape index (κ2) is 5.11. The normalized spacial score (nSPS) is 53.5. The van der Waals surface area contributed by atoms with Gasteiger partial charge in [-0.1, -0.05) is 25.5 Å². The molecule has 0 amide bonds. The van der Waals surface area contributed by atoms with Gasteiger partial charge >= 0.3 is 5.97 Å². The Kier molecular flexibility index (Phi) is 3.38. The Morgan fingerprint density at radius 2 is 1.81 bits per heavy atom. The molecule has 0 heterocycles. The van der Waals surface area contributed by atoms with E-state index in [0.29, 0.717) is 24.2 Å². The Morgan fingerprint density at radius 1 is 1.08 bits per heavy atom. The third-order valence-corrected chi connectivity index (χ3v) is 9.26. The summed E-state index contributed by atoms with van der Waals surface area (Å²) in [4.78, 5) is 11.5. The van der Waals surface area contributed by atoms with Gasteiger partial charge in [0.1, 0.15) is 6.10 Å². The SMILES string of the molecule is CC(=O)OC1CCC2C3CC=C4C5C(CCC4(C)C3CCC12C)C5(F)F. The lowest BCUT2D eigenvalue weighted by Gasteiger charge is -2.57. The molecule has 0 aromatic carbocycles. The van der Waals surface area contributed by atoms with Gasteiger partial charge in [0.05, 0.1) is 5.92 Å². The zero-order valence-electron chi connectivity index (χ0n) is 16.1. The molecule has 0 aromatic rings. The Morgan fingerprint density at radius 3 is 2.54 bits per heavy atom. The minimum absolute atomic E-state index is 0.0348. The molecule has 5 aliphatic rings. The number of hydrogen-bond donors (Lipinski definition) is 0. The van der Waals surface area contributed by atoms with Gasteiger partial charge in [-0.05, 0) is 68.1 Å². The first-order valence-electron chi connectivity index (χ1n) is 10.4. The predicted molar refractivity (Wildman–Crippen MR) is 94.6 cm³/mol. The van der Waals surface area contributed by atoms with E-state index in [1.165, 1.54) is 6.92 Å². The Labute approximate surface area is 154 Å². The number of carbonyl (C=O) groups is 1. The summed E-state index contributed by atoms with van der Waals surface area (Å²) in [6, 6.07) is 0. The molecule has 0 aromatic heterocycles. The van der Waals surface area contributed by atoms with Gasteiger partial charge in [0.15, 0.2) is 0 Å². The number of hydrogen-bond acceptors (Lipinski definition) is 2. The van der Waals surface area contributed by atoms with Crippen LogP contribution >= 0.6 is 0 Å². The number of fused-ring (bicyclic) bond motifs is 7. The van der Waals surface area contributed by atoms with Crippen LogP contribution < -0.4 is 0 Å². The van der Waals surface area contributed by atoms with Crippen LogP contribution in [0, 0.1) is 40.4 Å². The lowest BCUT2D eigenvalue weighted by atomic mass is 9.48. The van der Waals surface area contributed by atoms with Gasteiger partial charge in [0, 0.05) is 18.3 Å². The van der Waals surface area contributed by atoms with Gasteiger partial charge in [0.2, 0.25) is 0 Å². The van der Waals surface area contributed by atoms with Crippen molar-refractivity contribution in [2.45, 2.75) is 77.7 Å². The number of rotatable bonds is 1. The third-order valence-electron chi connectivity index (χ3n) is 9.26. The topological polar surface area (TPSA) is 26.3 Å².